The van der Waals surface area contributed by atoms with Crippen LogP contribution in [-0.2, 0) is 13.1 Å². The highest BCUT2D eigenvalue weighted by Gasteiger charge is 2.04. The fourth-order valence-corrected chi connectivity index (χ4v) is 1.76. The van der Waals surface area contributed by atoms with E-state index in [1.54, 1.807) is 18.3 Å². The predicted molar refractivity (Wildman–Crippen MR) is 67.5 cm³/mol. The summed E-state index contributed by atoms with van der Waals surface area (Å²) in [5.41, 5.74) is 1.36. The average molecular weight is 245 g/mol. The summed E-state index contributed by atoms with van der Waals surface area (Å²) in [6, 6.07) is 6.89. The maximum atomic E-state index is 10.7. The molecule has 0 amide bonds. The van der Waals surface area contributed by atoms with Gasteiger partial charge in [-0.3, -0.25) is 0 Å². The Morgan fingerprint density at radius 1 is 1.39 bits per heavy atom. The van der Waals surface area contributed by atoms with E-state index in [2.05, 4.69) is 10.3 Å². The minimum Gasteiger partial charge on any atom is -0.478 e. The number of rotatable bonds is 5. The SMILES string of the molecule is CNCc1nccn1Cc1ccc(C(=O)O)cc1. The van der Waals surface area contributed by atoms with Crippen molar-refractivity contribution in [1.29, 1.82) is 0 Å². The molecule has 5 nitrogen and oxygen atoms in total. The number of nitrogens with one attached hydrogen (secondary N) is 1. The van der Waals surface area contributed by atoms with Gasteiger partial charge in [-0.2, -0.15) is 0 Å². The van der Waals surface area contributed by atoms with Crippen LogP contribution in [0.1, 0.15) is 21.7 Å². The van der Waals surface area contributed by atoms with Crippen molar-refractivity contribution >= 4 is 5.97 Å². The molecule has 1 aromatic heterocycles. The summed E-state index contributed by atoms with van der Waals surface area (Å²) in [6.45, 7) is 1.40. The molecule has 0 saturated carbocycles. The van der Waals surface area contributed by atoms with Gasteiger partial charge in [0.05, 0.1) is 12.1 Å². The Balaban J connectivity index is 2.13. The van der Waals surface area contributed by atoms with Gasteiger partial charge in [0.15, 0.2) is 0 Å². The molecular formula is C13H15N3O2. The van der Waals surface area contributed by atoms with E-state index in [-0.39, 0.29) is 0 Å². The lowest BCUT2D eigenvalue weighted by molar-refractivity contribution is 0.0697. The molecule has 0 unspecified atom stereocenters. The Bertz CT molecular complexity index is 531. The second kappa shape index (κ2) is 5.46. The van der Waals surface area contributed by atoms with Gasteiger partial charge < -0.3 is 15.0 Å². The highest BCUT2D eigenvalue weighted by atomic mass is 16.4. The topological polar surface area (TPSA) is 67.2 Å². The highest BCUT2D eigenvalue weighted by molar-refractivity contribution is 5.87. The van der Waals surface area contributed by atoms with Gasteiger partial charge in [-0.15, -0.1) is 0 Å². The molecule has 0 aliphatic rings. The molecule has 0 aliphatic carbocycles. The van der Waals surface area contributed by atoms with E-state index in [1.165, 1.54) is 0 Å². The highest BCUT2D eigenvalue weighted by Crippen LogP contribution is 2.08. The summed E-state index contributed by atoms with van der Waals surface area (Å²) in [7, 11) is 1.88. The lowest BCUT2D eigenvalue weighted by atomic mass is 10.1. The molecule has 5 heteroatoms. The second-order valence-corrected chi connectivity index (χ2v) is 4.00. The average Bonchev–Trinajstić information content (AvgIpc) is 2.78. The molecule has 1 heterocycles. The molecule has 0 aliphatic heterocycles. The first kappa shape index (κ1) is 12.3. The first-order valence-corrected chi connectivity index (χ1v) is 5.67. The number of imidazole rings is 1. The fourth-order valence-electron chi connectivity index (χ4n) is 1.76. The largest absolute Gasteiger partial charge is 0.478 e. The van der Waals surface area contributed by atoms with Crippen LogP contribution in [0.25, 0.3) is 0 Å². The monoisotopic (exact) mass is 245 g/mol. The smallest absolute Gasteiger partial charge is 0.335 e. The van der Waals surface area contributed by atoms with Gasteiger partial charge in [0.25, 0.3) is 0 Å². The van der Waals surface area contributed by atoms with Crippen LogP contribution < -0.4 is 5.32 Å². The van der Waals surface area contributed by atoms with Gasteiger partial charge in [0.1, 0.15) is 5.82 Å². The minimum absolute atomic E-state index is 0.305. The molecular weight excluding hydrogens is 230 g/mol. The summed E-state index contributed by atoms with van der Waals surface area (Å²) in [5.74, 6) is 0.0554. The molecule has 2 rings (SSSR count). The quantitative estimate of drug-likeness (QED) is 0.834. The van der Waals surface area contributed by atoms with Gasteiger partial charge in [0, 0.05) is 18.9 Å². The van der Waals surface area contributed by atoms with Crippen molar-refractivity contribution < 1.29 is 9.90 Å². The standard InChI is InChI=1S/C13H15N3O2/c1-14-8-12-15-6-7-16(12)9-10-2-4-11(5-3-10)13(17)18/h2-7,14H,8-9H2,1H3,(H,17,18). The van der Waals surface area contributed by atoms with Crippen LogP contribution in [0.15, 0.2) is 36.7 Å². The summed E-state index contributed by atoms with van der Waals surface area (Å²) in [5, 5.41) is 11.9. The molecule has 18 heavy (non-hydrogen) atoms. The van der Waals surface area contributed by atoms with E-state index in [1.807, 2.05) is 29.9 Å². The number of nitrogens with zero attached hydrogens (tertiary/aromatic N) is 2. The van der Waals surface area contributed by atoms with Gasteiger partial charge >= 0.3 is 5.97 Å². The van der Waals surface area contributed by atoms with Gasteiger partial charge in [-0.1, -0.05) is 12.1 Å². The number of aromatic nitrogens is 2. The number of hydrogen-bond acceptors (Lipinski definition) is 3. The predicted octanol–water partition coefficient (Wildman–Crippen LogP) is 1.35. The zero-order valence-electron chi connectivity index (χ0n) is 10.1. The van der Waals surface area contributed by atoms with Crippen LogP contribution in [0.2, 0.25) is 0 Å². The molecule has 2 aromatic rings. The summed E-state index contributed by atoms with van der Waals surface area (Å²) in [4.78, 5) is 15.0. The third-order valence-corrected chi connectivity index (χ3v) is 2.69. The molecule has 0 bridgehead atoms. The Morgan fingerprint density at radius 2 is 2.11 bits per heavy atom. The molecule has 0 atom stereocenters. The zero-order valence-corrected chi connectivity index (χ0v) is 10.1. The van der Waals surface area contributed by atoms with E-state index in [4.69, 9.17) is 5.11 Å². The van der Waals surface area contributed by atoms with Crippen molar-refractivity contribution in [1.82, 2.24) is 14.9 Å². The van der Waals surface area contributed by atoms with Gasteiger partial charge in [0.2, 0.25) is 0 Å². The van der Waals surface area contributed by atoms with Crippen molar-refractivity contribution in [3.8, 4) is 0 Å². The fraction of sp³-hybridized carbons (Fsp3) is 0.231. The first-order valence-electron chi connectivity index (χ1n) is 5.67. The summed E-state index contributed by atoms with van der Waals surface area (Å²) in [6.07, 6.45) is 3.68. The molecule has 1 aromatic carbocycles. The molecule has 0 radical (unpaired) electrons. The lowest BCUT2D eigenvalue weighted by Crippen LogP contribution is -2.12. The molecule has 0 saturated heterocycles. The third kappa shape index (κ3) is 2.75. The van der Waals surface area contributed by atoms with Gasteiger partial charge in [-0.25, -0.2) is 9.78 Å². The van der Waals surface area contributed by atoms with Crippen LogP contribution in [0.3, 0.4) is 0 Å². The molecule has 2 N–H and O–H groups in total. The van der Waals surface area contributed by atoms with E-state index >= 15 is 0 Å². The number of aromatic carboxylic acids is 1. The van der Waals surface area contributed by atoms with E-state index < -0.39 is 5.97 Å². The maximum Gasteiger partial charge on any atom is 0.335 e. The molecule has 0 spiro atoms. The third-order valence-electron chi connectivity index (χ3n) is 2.69. The van der Waals surface area contributed by atoms with E-state index in [0.29, 0.717) is 18.7 Å². The Labute approximate surface area is 105 Å². The number of carboxylic acids is 1. The van der Waals surface area contributed by atoms with Crippen LogP contribution in [-0.4, -0.2) is 27.7 Å². The van der Waals surface area contributed by atoms with Gasteiger partial charge in [-0.05, 0) is 24.7 Å². The Hall–Kier alpha value is -2.14. The van der Waals surface area contributed by atoms with Crippen molar-refractivity contribution in [2.45, 2.75) is 13.1 Å². The van der Waals surface area contributed by atoms with Crippen molar-refractivity contribution in [2.75, 3.05) is 7.05 Å². The number of carbonyl (C=O) groups is 1. The molecule has 0 fully saturated rings. The Kier molecular flexibility index (Phi) is 3.74. The normalized spacial score (nSPS) is 10.5. The first-order chi connectivity index (χ1) is 8.70. The lowest BCUT2D eigenvalue weighted by Gasteiger charge is -2.07. The van der Waals surface area contributed by atoms with E-state index in [9.17, 15) is 4.79 Å². The van der Waals surface area contributed by atoms with Crippen LogP contribution in [0, 0.1) is 0 Å². The second-order valence-electron chi connectivity index (χ2n) is 4.00. The van der Waals surface area contributed by atoms with Crippen LogP contribution >= 0.6 is 0 Å². The van der Waals surface area contributed by atoms with Crippen LogP contribution in [0.4, 0.5) is 0 Å². The van der Waals surface area contributed by atoms with Crippen LogP contribution in [0.5, 0.6) is 0 Å². The zero-order chi connectivity index (χ0) is 13.0. The Morgan fingerprint density at radius 3 is 2.72 bits per heavy atom. The maximum absolute atomic E-state index is 10.7. The van der Waals surface area contributed by atoms with Crippen molar-refractivity contribution in [2.24, 2.45) is 0 Å². The molecule has 94 valence electrons. The number of benzene rings is 1. The summed E-state index contributed by atoms with van der Waals surface area (Å²) >= 11 is 0. The van der Waals surface area contributed by atoms with Crippen molar-refractivity contribution in [3.05, 3.63) is 53.6 Å². The van der Waals surface area contributed by atoms with E-state index in [0.717, 1.165) is 11.4 Å². The summed E-state index contributed by atoms with van der Waals surface area (Å²) < 4.78 is 2.03. The van der Waals surface area contributed by atoms with Crippen molar-refractivity contribution in [3.63, 3.8) is 0 Å². The minimum atomic E-state index is -0.903. The number of hydrogen-bond donors (Lipinski definition) is 2. The number of carboxylic acid groups (broad SMARTS) is 1.